The summed E-state index contributed by atoms with van der Waals surface area (Å²) in [5.41, 5.74) is 1.96. The van der Waals surface area contributed by atoms with Crippen LogP contribution in [0.1, 0.15) is 106 Å². The standard InChI is InChI=1S/C41H53FO7/c1-5-7-8-9-13-17-33(48-29-41(4)27-45-28-41)18-14-23-46-38-24-32(19-21-35(38)31-15-11-10-12-16-31)39(43)49-34-20-22-36(37(42)25-34)40(44)47-26-30(3)6-2/h10-12,15-16,19-22,24-25,30,33H,5-9,13-14,17-18,23,26-29H2,1-4H3/t30-,33?/m1/s1. The summed E-state index contributed by atoms with van der Waals surface area (Å²) >= 11 is 0. The molecule has 4 rings (SSSR count). The zero-order valence-electron chi connectivity index (χ0n) is 29.6. The summed E-state index contributed by atoms with van der Waals surface area (Å²) in [6.45, 7) is 11.2. The first-order chi connectivity index (χ1) is 23.7. The summed E-state index contributed by atoms with van der Waals surface area (Å²) in [4.78, 5) is 25.6. The minimum Gasteiger partial charge on any atom is -0.493 e. The second-order valence-corrected chi connectivity index (χ2v) is 13.7. The van der Waals surface area contributed by atoms with Crippen LogP contribution in [0.3, 0.4) is 0 Å². The molecule has 0 amide bonds. The minimum absolute atomic E-state index is 0.0151. The van der Waals surface area contributed by atoms with Gasteiger partial charge in [-0.1, -0.05) is 96.6 Å². The molecule has 1 heterocycles. The third-order valence-corrected chi connectivity index (χ3v) is 9.00. The van der Waals surface area contributed by atoms with Gasteiger partial charge in [-0.2, -0.15) is 0 Å². The Kier molecular flexibility index (Phi) is 15.1. The third-order valence-electron chi connectivity index (χ3n) is 9.00. The number of carbonyl (C=O) groups is 2. The van der Waals surface area contributed by atoms with Crippen molar-refractivity contribution >= 4 is 11.9 Å². The Morgan fingerprint density at radius 1 is 0.898 bits per heavy atom. The third kappa shape index (κ3) is 12.0. The smallest absolute Gasteiger partial charge is 0.343 e. The Morgan fingerprint density at radius 2 is 1.65 bits per heavy atom. The van der Waals surface area contributed by atoms with Crippen molar-refractivity contribution < 1.29 is 37.7 Å². The Morgan fingerprint density at radius 3 is 2.35 bits per heavy atom. The molecule has 1 aliphatic rings. The van der Waals surface area contributed by atoms with E-state index >= 15 is 0 Å². The molecule has 7 nitrogen and oxygen atoms in total. The van der Waals surface area contributed by atoms with Crippen LogP contribution >= 0.6 is 0 Å². The van der Waals surface area contributed by atoms with Gasteiger partial charge in [-0.15, -0.1) is 0 Å². The Balaban J connectivity index is 1.40. The molecular formula is C41H53FO7. The lowest BCUT2D eigenvalue weighted by atomic mass is 9.90. The molecule has 0 spiro atoms. The Bertz CT molecular complexity index is 1470. The van der Waals surface area contributed by atoms with Crippen molar-refractivity contribution in [2.45, 2.75) is 91.6 Å². The van der Waals surface area contributed by atoms with Crippen LogP contribution < -0.4 is 9.47 Å². The number of unbranched alkanes of at least 4 members (excludes halogenated alkanes) is 4. The molecule has 3 aromatic carbocycles. The number of halogens is 1. The highest BCUT2D eigenvalue weighted by molar-refractivity contribution is 5.93. The second kappa shape index (κ2) is 19.4. The van der Waals surface area contributed by atoms with E-state index in [4.69, 9.17) is 23.7 Å². The molecule has 8 heteroatoms. The van der Waals surface area contributed by atoms with E-state index in [9.17, 15) is 14.0 Å². The number of hydrogen-bond acceptors (Lipinski definition) is 7. The maximum absolute atomic E-state index is 14.8. The van der Waals surface area contributed by atoms with Gasteiger partial charge < -0.3 is 23.7 Å². The molecule has 0 bridgehead atoms. The fraction of sp³-hybridized carbons (Fsp3) is 0.512. The van der Waals surface area contributed by atoms with Gasteiger partial charge in [-0.25, -0.2) is 14.0 Å². The number of hydrogen-bond donors (Lipinski definition) is 0. The lowest BCUT2D eigenvalue weighted by molar-refractivity contribution is -0.150. The summed E-state index contributed by atoms with van der Waals surface area (Å²) in [7, 11) is 0. The quantitative estimate of drug-likeness (QED) is 0.0631. The summed E-state index contributed by atoms with van der Waals surface area (Å²) in [5.74, 6) is -1.52. The maximum Gasteiger partial charge on any atom is 0.343 e. The van der Waals surface area contributed by atoms with Gasteiger partial charge in [0.05, 0.1) is 50.3 Å². The van der Waals surface area contributed by atoms with E-state index in [2.05, 4.69) is 13.8 Å². The number of ether oxygens (including phenoxy) is 5. The van der Waals surface area contributed by atoms with Crippen LogP contribution in [0.15, 0.2) is 66.7 Å². The molecule has 0 aromatic heterocycles. The van der Waals surface area contributed by atoms with Crippen LogP contribution in [0.25, 0.3) is 11.1 Å². The van der Waals surface area contributed by atoms with E-state index in [0.29, 0.717) is 19.0 Å². The highest BCUT2D eigenvalue weighted by Gasteiger charge is 2.34. The maximum atomic E-state index is 14.8. The Labute approximate surface area is 291 Å². The van der Waals surface area contributed by atoms with Gasteiger partial charge >= 0.3 is 11.9 Å². The van der Waals surface area contributed by atoms with Gasteiger partial charge in [-0.3, -0.25) is 0 Å². The van der Waals surface area contributed by atoms with E-state index in [1.165, 1.54) is 37.8 Å². The first-order valence-corrected chi connectivity index (χ1v) is 17.9. The summed E-state index contributed by atoms with van der Waals surface area (Å²) in [6, 6.07) is 18.7. The summed E-state index contributed by atoms with van der Waals surface area (Å²) in [5, 5.41) is 0. The SMILES string of the molecule is CCCCCCCC(CCCOc1cc(C(=O)Oc2ccc(C(=O)OC[C@H](C)CC)c(F)c2)ccc1-c1ccccc1)OCC1(C)COC1. The van der Waals surface area contributed by atoms with Crippen molar-refractivity contribution in [3.63, 3.8) is 0 Å². The van der Waals surface area contributed by atoms with E-state index in [0.717, 1.165) is 62.5 Å². The van der Waals surface area contributed by atoms with Crippen molar-refractivity contribution in [2.24, 2.45) is 11.3 Å². The fourth-order valence-corrected chi connectivity index (χ4v) is 5.56. The summed E-state index contributed by atoms with van der Waals surface area (Å²) in [6.07, 6.45) is 9.81. The molecule has 266 valence electrons. The molecule has 0 N–H and O–H groups in total. The molecule has 1 saturated heterocycles. The predicted octanol–water partition coefficient (Wildman–Crippen LogP) is 9.86. The number of benzene rings is 3. The predicted molar refractivity (Wildman–Crippen MR) is 190 cm³/mol. The van der Waals surface area contributed by atoms with Gasteiger partial charge in [-0.05, 0) is 61.1 Å². The molecule has 2 atom stereocenters. The van der Waals surface area contributed by atoms with E-state index in [1.54, 1.807) is 12.1 Å². The molecule has 0 saturated carbocycles. The van der Waals surface area contributed by atoms with Crippen LogP contribution in [0.5, 0.6) is 11.5 Å². The first-order valence-electron chi connectivity index (χ1n) is 17.9. The highest BCUT2D eigenvalue weighted by Crippen LogP contribution is 2.32. The minimum atomic E-state index is -0.818. The Hall–Kier alpha value is -3.75. The second-order valence-electron chi connectivity index (χ2n) is 13.7. The van der Waals surface area contributed by atoms with Gasteiger partial charge in [0, 0.05) is 17.0 Å². The first kappa shape index (κ1) is 38.1. The van der Waals surface area contributed by atoms with Crippen molar-refractivity contribution in [3.05, 3.63) is 83.7 Å². The highest BCUT2D eigenvalue weighted by atomic mass is 19.1. The van der Waals surface area contributed by atoms with Crippen LogP contribution in [0.4, 0.5) is 4.39 Å². The van der Waals surface area contributed by atoms with E-state index in [1.807, 2.05) is 50.2 Å². The van der Waals surface area contributed by atoms with Gasteiger partial charge in [0.2, 0.25) is 0 Å². The zero-order valence-corrected chi connectivity index (χ0v) is 29.6. The number of esters is 2. The van der Waals surface area contributed by atoms with E-state index < -0.39 is 17.8 Å². The molecule has 1 fully saturated rings. The topological polar surface area (TPSA) is 80.3 Å². The van der Waals surface area contributed by atoms with Crippen LogP contribution in [0.2, 0.25) is 0 Å². The van der Waals surface area contributed by atoms with Gasteiger partial charge in [0.15, 0.2) is 0 Å². The van der Waals surface area contributed by atoms with Crippen LogP contribution in [-0.2, 0) is 14.2 Å². The molecule has 1 aliphatic heterocycles. The van der Waals surface area contributed by atoms with Crippen molar-refractivity contribution in [2.75, 3.05) is 33.0 Å². The number of rotatable bonds is 21. The monoisotopic (exact) mass is 676 g/mol. The molecule has 0 radical (unpaired) electrons. The number of carbonyl (C=O) groups excluding carboxylic acids is 2. The van der Waals surface area contributed by atoms with Crippen molar-refractivity contribution in [1.29, 1.82) is 0 Å². The summed E-state index contributed by atoms with van der Waals surface area (Å²) < 4.78 is 43.7. The largest absolute Gasteiger partial charge is 0.493 e. The van der Waals surface area contributed by atoms with Crippen LogP contribution in [0, 0.1) is 17.2 Å². The fourth-order valence-electron chi connectivity index (χ4n) is 5.56. The lowest BCUT2D eigenvalue weighted by Crippen LogP contribution is -2.44. The average Bonchev–Trinajstić information content (AvgIpc) is 3.10. The van der Waals surface area contributed by atoms with Crippen LogP contribution in [-0.4, -0.2) is 51.1 Å². The molecule has 49 heavy (non-hydrogen) atoms. The molecule has 3 aromatic rings. The van der Waals surface area contributed by atoms with Gasteiger partial charge in [0.1, 0.15) is 17.3 Å². The molecule has 1 unspecified atom stereocenters. The van der Waals surface area contributed by atoms with E-state index in [-0.39, 0.29) is 40.9 Å². The molecular weight excluding hydrogens is 623 g/mol. The van der Waals surface area contributed by atoms with Crippen molar-refractivity contribution in [1.82, 2.24) is 0 Å². The van der Waals surface area contributed by atoms with Crippen molar-refractivity contribution in [3.8, 4) is 22.6 Å². The zero-order chi connectivity index (χ0) is 35.1. The average molecular weight is 677 g/mol. The molecule has 0 aliphatic carbocycles. The van der Waals surface area contributed by atoms with Gasteiger partial charge in [0.25, 0.3) is 0 Å². The normalized spacial score (nSPS) is 14.8. The lowest BCUT2D eigenvalue weighted by Gasteiger charge is -2.38.